The summed E-state index contributed by atoms with van der Waals surface area (Å²) in [5, 5.41) is 3.84. The van der Waals surface area contributed by atoms with Crippen molar-refractivity contribution in [2.24, 2.45) is 0 Å². The van der Waals surface area contributed by atoms with Crippen molar-refractivity contribution in [3.05, 3.63) is 62.9 Å². The monoisotopic (exact) mass is 472 g/mol. The van der Waals surface area contributed by atoms with E-state index in [2.05, 4.69) is 43.3 Å². The van der Waals surface area contributed by atoms with Gasteiger partial charge < -0.3 is 20.7 Å². The van der Waals surface area contributed by atoms with Crippen LogP contribution >= 0.6 is 27.3 Å². The molecule has 0 spiro atoms. The van der Waals surface area contributed by atoms with E-state index in [4.69, 9.17) is 10.5 Å². The highest BCUT2D eigenvalue weighted by atomic mass is 79.9. The summed E-state index contributed by atoms with van der Waals surface area (Å²) in [6, 6.07) is 13.8. The Morgan fingerprint density at radius 2 is 1.93 bits per heavy atom. The molecule has 2 heterocycles. The first-order chi connectivity index (χ1) is 14.0. The lowest BCUT2D eigenvalue weighted by Gasteiger charge is -2.28. The number of ketones is 1. The molecule has 3 aromatic rings. The Morgan fingerprint density at radius 3 is 2.62 bits per heavy atom. The van der Waals surface area contributed by atoms with Crippen LogP contribution in [0.1, 0.15) is 20.8 Å². The van der Waals surface area contributed by atoms with Gasteiger partial charge in [-0.2, -0.15) is 0 Å². The zero-order valence-corrected chi connectivity index (χ0v) is 18.3. The minimum Gasteiger partial charge on any atom is -0.382 e. The van der Waals surface area contributed by atoms with Gasteiger partial charge in [-0.3, -0.25) is 4.79 Å². The lowest BCUT2D eigenvalue weighted by atomic mass is 10.0. The number of carbonyl (C=O) groups is 1. The second kappa shape index (κ2) is 8.52. The Kier molecular flexibility index (Phi) is 5.84. The van der Waals surface area contributed by atoms with Crippen LogP contribution in [0.5, 0.6) is 0 Å². The fourth-order valence-corrected chi connectivity index (χ4v) is 4.78. The molecule has 8 heteroatoms. The Balaban J connectivity index is 1.51. The number of hydrogen-bond acceptors (Lipinski definition) is 7. The van der Waals surface area contributed by atoms with Gasteiger partial charge in [0.15, 0.2) is 5.13 Å². The van der Waals surface area contributed by atoms with Crippen LogP contribution in [-0.2, 0) is 4.74 Å². The highest BCUT2D eigenvalue weighted by Gasteiger charge is 2.21. The van der Waals surface area contributed by atoms with Crippen LogP contribution in [0.25, 0.3) is 0 Å². The van der Waals surface area contributed by atoms with E-state index >= 15 is 0 Å². The summed E-state index contributed by atoms with van der Waals surface area (Å²) < 4.78 is 6.15. The standard InChI is InChI=1S/C21H21BrN4O2S/c1-13-3-2-4-16(22)17(13)18(27)19-20(23)25-21(29-19)24-14-5-7-15(8-6-14)26-9-11-28-12-10-26/h2-8H,9-12,23H2,1H3,(H,24,25). The van der Waals surface area contributed by atoms with E-state index in [-0.39, 0.29) is 11.6 Å². The van der Waals surface area contributed by atoms with Crippen LogP contribution in [0.2, 0.25) is 0 Å². The number of nitrogens with one attached hydrogen (secondary N) is 1. The van der Waals surface area contributed by atoms with E-state index < -0.39 is 0 Å². The Morgan fingerprint density at radius 1 is 1.21 bits per heavy atom. The molecular formula is C21H21BrN4O2S. The minimum atomic E-state index is -0.124. The Bertz CT molecular complexity index is 1010. The number of carbonyl (C=O) groups excluding carboxylic acids is 1. The molecule has 150 valence electrons. The molecule has 4 rings (SSSR count). The van der Waals surface area contributed by atoms with E-state index in [1.807, 2.05) is 37.3 Å². The van der Waals surface area contributed by atoms with Crippen LogP contribution in [0.15, 0.2) is 46.9 Å². The lowest BCUT2D eigenvalue weighted by Crippen LogP contribution is -2.36. The summed E-state index contributed by atoms with van der Waals surface area (Å²) in [7, 11) is 0. The van der Waals surface area contributed by atoms with E-state index in [0.717, 1.165) is 47.7 Å². The zero-order chi connectivity index (χ0) is 20.4. The van der Waals surface area contributed by atoms with Gasteiger partial charge in [-0.05, 0) is 42.8 Å². The molecule has 0 bridgehead atoms. The van der Waals surface area contributed by atoms with Gasteiger partial charge in [0.25, 0.3) is 0 Å². The van der Waals surface area contributed by atoms with Gasteiger partial charge in [0, 0.05) is 34.5 Å². The summed E-state index contributed by atoms with van der Waals surface area (Å²) in [5.74, 6) is 0.114. The molecule has 1 aromatic heterocycles. The lowest BCUT2D eigenvalue weighted by molar-refractivity contribution is 0.104. The molecule has 1 aliphatic heterocycles. The van der Waals surface area contributed by atoms with Crippen LogP contribution in [-0.4, -0.2) is 37.1 Å². The summed E-state index contributed by atoms with van der Waals surface area (Å²) in [6.45, 7) is 5.22. The Labute approximate surface area is 181 Å². The molecule has 0 amide bonds. The zero-order valence-electron chi connectivity index (χ0n) is 15.9. The number of nitrogen functional groups attached to an aromatic ring is 1. The first kappa shape index (κ1) is 19.9. The molecule has 0 radical (unpaired) electrons. The maximum atomic E-state index is 13.0. The number of nitrogens with two attached hydrogens (primary N) is 1. The van der Waals surface area contributed by atoms with Gasteiger partial charge in [-0.1, -0.05) is 39.4 Å². The highest BCUT2D eigenvalue weighted by molar-refractivity contribution is 9.10. The van der Waals surface area contributed by atoms with E-state index in [1.165, 1.54) is 11.3 Å². The van der Waals surface area contributed by atoms with Gasteiger partial charge in [0.05, 0.1) is 13.2 Å². The van der Waals surface area contributed by atoms with Crippen molar-refractivity contribution < 1.29 is 9.53 Å². The largest absolute Gasteiger partial charge is 0.382 e. The van der Waals surface area contributed by atoms with Gasteiger partial charge in [-0.15, -0.1) is 0 Å². The van der Waals surface area contributed by atoms with Crippen molar-refractivity contribution >= 4 is 55.4 Å². The maximum absolute atomic E-state index is 13.0. The van der Waals surface area contributed by atoms with Crippen LogP contribution in [0.3, 0.4) is 0 Å². The third kappa shape index (κ3) is 4.29. The molecule has 1 aliphatic rings. The number of halogens is 1. The SMILES string of the molecule is Cc1cccc(Br)c1C(=O)c1sc(Nc2ccc(N3CCOCC3)cc2)nc1N. The first-order valence-electron chi connectivity index (χ1n) is 9.29. The van der Waals surface area contributed by atoms with Crippen molar-refractivity contribution in [3.63, 3.8) is 0 Å². The topological polar surface area (TPSA) is 80.5 Å². The summed E-state index contributed by atoms with van der Waals surface area (Å²) in [4.78, 5) is 20.1. The van der Waals surface area contributed by atoms with E-state index in [1.54, 1.807) is 0 Å². The second-order valence-corrected chi connectivity index (χ2v) is 8.62. The van der Waals surface area contributed by atoms with Crippen molar-refractivity contribution in [2.45, 2.75) is 6.92 Å². The van der Waals surface area contributed by atoms with E-state index in [0.29, 0.717) is 15.6 Å². The molecule has 0 saturated carbocycles. The minimum absolute atomic E-state index is 0.124. The highest BCUT2D eigenvalue weighted by Crippen LogP contribution is 2.33. The number of morpholine rings is 1. The third-order valence-electron chi connectivity index (χ3n) is 4.80. The predicted molar refractivity (Wildman–Crippen MR) is 122 cm³/mol. The number of rotatable bonds is 5. The predicted octanol–water partition coefficient (Wildman–Crippen LogP) is 4.61. The van der Waals surface area contributed by atoms with Crippen LogP contribution in [0, 0.1) is 6.92 Å². The fourth-order valence-electron chi connectivity index (χ4n) is 3.28. The summed E-state index contributed by atoms with van der Waals surface area (Å²) in [5.41, 5.74) is 9.63. The fraction of sp³-hybridized carbons (Fsp3) is 0.238. The Hall–Kier alpha value is -2.42. The van der Waals surface area contributed by atoms with Gasteiger partial charge in [-0.25, -0.2) is 4.98 Å². The van der Waals surface area contributed by atoms with Crippen molar-refractivity contribution in [2.75, 3.05) is 42.3 Å². The molecule has 0 atom stereocenters. The molecule has 1 saturated heterocycles. The number of aryl methyl sites for hydroxylation is 1. The van der Waals surface area contributed by atoms with Gasteiger partial charge in [0.1, 0.15) is 10.7 Å². The molecule has 0 aliphatic carbocycles. The number of anilines is 4. The van der Waals surface area contributed by atoms with Crippen molar-refractivity contribution in [3.8, 4) is 0 Å². The first-order valence-corrected chi connectivity index (χ1v) is 10.9. The smallest absolute Gasteiger partial charge is 0.208 e. The molecule has 6 nitrogen and oxygen atoms in total. The van der Waals surface area contributed by atoms with Gasteiger partial charge in [0.2, 0.25) is 5.78 Å². The number of benzene rings is 2. The third-order valence-corrected chi connectivity index (χ3v) is 6.45. The number of hydrogen-bond donors (Lipinski definition) is 2. The summed E-state index contributed by atoms with van der Waals surface area (Å²) >= 11 is 4.73. The molecular weight excluding hydrogens is 452 g/mol. The molecule has 29 heavy (non-hydrogen) atoms. The molecule has 1 fully saturated rings. The molecule has 2 aromatic carbocycles. The van der Waals surface area contributed by atoms with Crippen molar-refractivity contribution in [1.29, 1.82) is 0 Å². The average Bonchev–Trinajstić information content (AvgIpc) is 3.09. The normalized spacial score (nSPS) is 14.1. The molecule has 0 unspecified atom stereocenters. The molecule has 3 N–H and O–H groups in total. The average molecular weight is 473 g/mol. The number of ether oxygens (including phenoxy) is 1. The summed E-state index contributed by atoms with van der Waals surface area (Å²) in [6.07, 6.45) is 0. The second-order valence-electron chi connectivity index (χ2n) is 6.77. The quantitative estimate of drug-likeness (QED) is 0.527. The number of aromatic nitrogens is 1. The van der Waals surface area contributed by atoms with Gasteiger partial charge >= 0.3 is 0 Å². The number of thiazole rings is 1. The van der Waals surface area contributed by atoms with E-state index in [9.17, 15) is 4.79 Å². The van der Waals surface area contributed by atoms with Crippen LogP contribution < -0.4 is 16.0 Å². The number of nitrogens with zero attached hydrogens (tertiary/aromatic N) is 2. The van der Waals surface area contributed by atoms with Crippen molar-refractivity contribution in [1.82, 2.24) is 4.98 Å². The maximum Gasteiger partial charge on any atom is 0.208 e. The van der Waals surface area contributed by atoms with Crippen LogP contribution in [0.4, 0.5) is 22.3 Å².